The van der Waals surface area contributed by atoms with Gasteiger partial charge < -0.3 is 8.85 Å². The van der Waals surface area contributed by atoms with E-state index in [2.05, 4.69) is 75.4 Å². The van der Waals surface area contributed by atoms with E-state index in [0.29, 0.717) is 22.8 Å². The smallest absolute Gasteiger partial charge is 0.192 e. The van der Waals surface area contributed by atoms with Crippen molar-refractivity contribution in [2.24, 2.45) is 23.2 Å². The van der Waals surface area contributed by atoms with Gasteiger partial charge in [0.15, 0.2) is 26.5 Å². The average Bonchev–Trinajstić information content (AvgIpc) is 3.28. The highest BCUT2D eigenvalue weighted by Gasteiger charge is 2.55. The minimum absolute atomic E-state index is 0.128. The third-order valence-corrected chi connectivity index (χ3v) is 23.5. The fraction of sp³-hybridized carbons (Fsp3) is 0.833. The summed E-state index contributed by atoms with van der Waals surface area (Å²) in [6.45, 7) is 25.7. The van der Waals surface area contributed by atoms with Gasteiger partial charge in [-0.15, -0.1) is 0 Å². The molecule has 7 heteroatoms. The molecule has 3 rings (SSSR count). The van der Waals surface area contributed by atoms with Gasteiger partial charge in [-0.3, -0.25) is 0 Å². The summed E-state index contributed by atoms with van der Waals surface area (Å²) in [6.07, 6.45) is 9.03. The molecule has 2 aliphatic rings. The number of sulfone groups is 1. The van der Waals surface area contributed by atoms with Gasteiger partial charge in [0, 0.05) is 6.10 Å². The van der Waals surface area contributed by atoms with Crippen LogP contribution in [-0.2, 0) is 18.7 Å². The Morgan fingerprint density at radius 1 is 0.953 bits per heavy atom. The van der Waals surface area contributed by atoms with Gasteiger partial charge in [0.2, 0.25) is 0 Å². The van der Waals surface area contributed by atoms with Crippen molar-refractivity contribution in [3.8, 4) is 0 Å². The molecule has 1 aromatic rings. The van der Waals surface area contributed by atoms with Crippen molar-refractivity contribution in [1.82, 2.24) is 0 Å². The average molecular weight is 651 g/mol. The molecule has 248 valence electrons. The maximum absolute atomic E-state index is 13.9. The predicted molar refractivity (Wildman–Crippen MR) is 188 cm³/mol. The van der Waals surface area contributed by atoms with Crippen LogP contribution in [0.3, 0.4) is 0 Å². The molecule has 5 atom stereocenters. The highest BCUT2D eigenvalue weighted by molar-refractivity contribution is 7.91. The van der Waals surface area contributed by atoms with Crippen LogP contribution in [0.25, 0.3) is 0 Å². The van der Waals surface area contributed by atoms with E-state index in [-0.39, 0.29) is 27.7 Å². The quantitative estimate of drug-likeness (QED) is 0.177. The first-order valence-electron chi connectivity index (χ1n) is 17.5. The molecule has 0 saturated heterocycles. The largest absolute Gasteiger partial charge is 0.414 e. The lowest BCUT2D eigenvalue weighted by Crippen LogP contribution is -2.50. The fourth-order valence-electron chi connectivity index (χ4n) is 8.43. The first-order chi connectivity index (χ1) is 19.9. The van der Waals surface area contributed by atoms with E-state index in [9.17, 15) is 8.42 Å². The van der Waals surface area contributed by atoms with E-state index in [1.54, 1.807) is 12.1 Å². The minimum Gasteiger partial charge on any atom is -0.414 e. The predicted octanol–water partition coefficient (Wildman–Crippen LogP) is 10.7. The molecule has 0 bridgehead atoms. The summed E-state index contributed by atoms with van der Waals surface area (Å²) >= 11 is 0. The molecule has 0 unspecified atom stereocenters. The second kappa shape index (κ2) is 14.1. The lowest BCUT2D eigenvalue weighted by molar-refractivity contribution is -0.0214. The van der Waals surface area contributed by atoms with Crippen LogP contribution in [0, 0.1) is 23.2 Å². The van der Waals surface area contributed by atoms with Crippen LogP contribution in [0.15, 0.2) is 35.2 Å². The van der Waals surface area contributed by atoms with E-state index < -0.39 is 26.5 Å². The van der Waals surface area contributed by atoms with Crippen molar-refractivity contribution in [3.05, 3.63) is 30.3 Å². The van der Waals surface area contributed by atoms with Gasteiger partial charge in [0.1, 0.15) is 0 Å². The lowest BCUT2D eigenvalue weighted by atomic mass is 9.61. The molecule has 0 aliphatic heterocycles. The summed E-state index contributed by atoms with van der Waals surface area (Å²) in [7, 11) is -6.99. The molecule has 1 aromatic carbocycles. The summed E-state index contributed by atoms with van der Waals surface area (Å²) in [6, 6.07) is 12.6. The van der Waals surface area contributed by atoms with Gasteiger partial charge in [0.05, 0.1) is 16.2 Å². The van der Waals surface area contributed by atoms with Gasteiger partial charge >= 0.3 is 0 Å². The Bertz CT molecular complexity index is 1120. The molecule has 2 saturated carbocycles. The van der Waals surface area contributed by atoms with Gasteiger partial charge in [-0.25, -0.2) is 8.42 Å². The summed E-state index contributed by atoms with van der Waals surface area (Å²) < 4.78 is 41.8. The molecule has 0 spiro atoms. The van der Waals surface area contributed by atoms with Crippen LogP contribution in [-0.4, -0.2) is 42.5 Å². The van der Waals surface area contributed by atoms with Gasteiger partial charge in [-0.1, -0.05) is 79.5 Å². The van der Waals surface area contributed by atoms with Crippen LogP contribution < -0.4 is 0 Å². The summed E-state index contributed by atoms with van der Waals surface area (Å²) in [5.74, 6) is 1.32. The zero-order chi connectivity index (χ0) is 32.3. The monoisotopic (exact) mass is 650 g/mol. The molecule has 43 heavy (non-hydrogen) atoms. The first-order valence-corrected chi connectivity index (χ1v) is 24.6. The van der Waals surface area contributed by atoms with Gasteiger partial charge in [-0.05, 0) is 124 Å². The third kappa shape index (κ3) is 8.66. The van der Waals surface area contributed by atoms with E-state index in [0.717, 1.165) is 56.7 Å². The first kappa shape index (κ1) is 37.0. The Labute approximate surface area is 268 Å². The summed E-state index contributed by atoms with van der Waals surface area (Å²) in [4.78, 5) is 0.468. The molecule has 0 N–H and O–H groups in total. The van der Waals surface area contributed by atoms with Crippen LogP contribution in [0.5, 0.6) is 0 Å². The molecule has 0 aromatic heterocycles. The second-order valence-corrected chi connectivity index (χ2v) is 27.9. The summed E-state index contributed by atoms with van der Waals surface area (Å²) in [5, 5.41) is 0.188. The number of benzene rings is 1. The van der Waals surface area contributed by atoms with Crippen LogP contribution >= 0.6 is 0 Å². The van der Waals surface area contributed by atoms with Gasteiger partial charge in [0.25, 0.3) is 0 Å². The zero-order valence-electron chi connectivity index (χ0n) is 29.7. The summed E-state index contributed by atoms with van der Waals surface area (Å²) in [5.41, 5.74) is -0.0466. The van der Waals surface area contributed by atoms with Crippen LogP contribution in [0.2, 0.25) is 36.3 Å². The lowest BCUT2D eigenvalue weighted by Gasteiger charge is -2.50. The molecule has 0 radical (unpaired) electrons. The molecular formula is C36H66O4SSi2. The van der Waals surface area contributed by atoms with E-state index in [1.165, 1.54) is 12.8 Å². The third-order valence-electron chi connectivity index (χ3n) is 12.3. The molecule has 0 heterocycles. The minimum atomic E-state index is -3.38. The highest BCUT2D eigenvalue weighted by atomic mass is 32.2. The van der Waals surface area contributed by atoms with Crippen LogP contribution in [0.4, 0.5) is 0 Å². The fourth-order valence-corrected chi connectivity index (χ4v) is 14.8. The molecule has 2 fully saturated rings. The highest BCUT2D eigenvalue weighted by Crippen LogP contribution is 2.60. The van der Waals surface area contributed by atoms with Crippen LogP contribution in [0.1, 0.15) is 114 Å². The number of rotatable bonds is 15. The maximum atomic E-state index is 13.9. The van der Waals surface area contributed by atoms with Crippen molar-refractivity contribution in [2.75, 3.05) is 5.75 Å². The Morgan fingerprint density at radius 2 is 1.56 bits per heavy atom. The van der Waals surface area contributed by atoms with Crippen molar-refractivity contribution in [2.45, 2.75) is 167 Å². The van der Waals surface area contributed by atoms with E-state index in [1.807, 2.05) is 18.2 Å². The van der Waals surface area contributed by atoms with Gasteiger partial charge in [-0.2, -0.15) is 0 Å². The van der Waals surface area contributed by atoms with Crippen molar-refractivity contribution in [3.63, 3.8) is 0 Å². The molecule has 0 amide bonds. The Balaban J connectivity index is 1.85. The maximum Gasteiger partial charge on any atom is 0.192 e. The molecule has 2 aliphatic carbocycles. The topological polar surface area (TPSA) is 52.6 Å². The zero-order valence-corrected chi connectivity index (χ0v) is 32.5. The number of fused-ring (bicyclic) bond motifs is 1. The van der Waals surface area contributed by atoms with Crippen molar-refractivity contribution in [1.29, 1.82) is 0 Å². The van der Waals surface area contributed by atoms with Crippen molar-refractivity contribution < 1.29 is 17.3 Å². The normalized spacial score (nSPS) is 26.3. The Hall–Kier alpha value is -0.476. The van der Waals surface area contributed by atoms with E-state index >= 15 is 0 Å². The Kier molecular flexibility index (Phi) is 12.1. The molecule has 4 nitrogen and oxygen atoms in total. The standard InChI is InChI=1S/C36H66O4SSi2/c1-12-43(13-2,14-3)40-35(7,8)26-18-20-29(28-41(37,38)30-21-16-15-17-22-30)31-24-25-32-33(23-19-27-36(31,32)9)39-42(10,11)34(4,5)6/h15-17,21-22,29,31-33H,12-14,18-20,23-28H2,1-11H3/t29-,31+,32-,33-,36+/m0/s1. The second-order valence-electron chi connectivity index (χ2n) is 16.5. The number of hydrogen-bond acceptors (Lipinski definition) is 4. The van der Waals surface area contributed by atoms with Crippen molar-refractivity contribution >= 4 is 26.5 Å². The SMILES string of the molecule is CC[Si](CC)(CC)OC(C)(C)CCC[C@@H](CS(=O)(=O)c1ccccc1)[C@H]1CC[C@H]2[C@@H](O[Si](C)(C)C(C)(C)C)CCC[C@]12C. The number of hydrogen-bond donors (Lipinski definition) is 0. The van der Waals surface area contributed by atoms with E-state index in [4.69, 9.17) is 8.85 Å². The Morgan fingerprint density at radius 3 is 2.12 bits per heavy atom. The molecular weight excluding hydrogens is 585 g/mol.